The SMILES string of the molecule is Cc1cccc(-c2[nH]ncc2C(=O)N2CCC3(CCC(=O)N(C)C3)CC2)c1. The highest BCUT2D eigenvalue weighted by Crippen LogP contribution is 2.40. The number of aromatic nitrogens is 2. The fourth-order valence-corrected chi connectivity index (χ4v) is 4.46. The van der Waals surface area contributed by atoms with Crippen molar-refractivity contribution in [2.75, 3.05) is 26.7 Å². The number of hydrogen-bond acceptors (Lipinski definition) is 3. The molecular weight excluding hydrogens is 340 g/mol. The molecule has 0 saturated carbocycles. The summed E-state index contributed by atoms with van der Waals surface area (Å²) >= 11 is 0. The van der Waals surface area contributed by atoms with Gasteiger partial charge in [0.05, 0.1) is 17.5 Å². The van der Waals surface area contributed by atoms with E-state index in [1.54, 1.807) is 6.20 Å². The van der Waals surface area contributed by atoms with Crippen LogP contribution in [0.5, 0.6) is 0 Å². The molecule has 2 saturated heterocycles. The van der Waals surface area contributed by atoms with Gasteiger partial charge in [0.15, 0.2) is 0 Å². The number of aryl methyl sites for hydroxylation is 1. The molecule has 27 heavy (non-hydrogen) atoms. The quantitative estimate of drug-likeness (QED) is 0.888. The summed E-state index contributed by atoms with van der Waals surface area (Å²) in [6.07, 6.45) is 5.11. The highest BCUT2D eigenvalue weighted by atomic mass is 16.2. The van der Waals surface area contributed by atoms with Gasteiger partial charge in [0.1, 0.15) is 0 Å². The van der Waals surface area contributed by atoms with E-state index in [4.69, 9.17) is 0 Å². The predicted molar refractivity (Wildman–Crippen MR) is 103 cm³/mol. The second-order valence-corrected chi connectivity index (χ2v) is 8.07. The minimum atomic E-state index is 0.0374. The maximum atomic E-state index is 13.1. The summed E-state index contributed by atoms with van der Waals surface area (Å²) < 4.78 is 0. The lowest BCUT2D eigenvalue weighted by Crippen LogP contribution is -2.51. The van der Waals surface area contributed by atoms with Gasteiger partial charge in [-0.25, -0.2) is 0 Å². The molecule has 2 aromatic rings. The number of amides is 2. The molecule has 0 bridgehead atoms. The Labute approximate surface area is 159 Å². The summed E-state index contributed by atoms with van der Waals surface area (Å²) in [4.78, 5) is 28.7. The standard InChI is InChI=1S/C21H26N4O2/c1-15-4-3-5-16(12-15)19-17(13-22-23-19)20(27)25-10-8-21(9-11-25)7-6-18(26)24(2)14-21/h3-5,12-13H,6-11,14H2,1-2H3,(H,22,23). The Morgan fingerprint density at radius 1 is 1.22 bits per heavy atom. The van der Waals surface area contributed by atoms with Crippen LogP contribution in [0.25, 0.3) is 11.3 Å². The number of nitrogens with zero attached hydrogens (tertiary/aromatic N) is 3. The smallest absolute Gasteiger partial charge is 0.257 e. The van der Waals surface area contributed by atoms with Gasteiger partial charge in [-0.3, -0.25) is 14.7 Å². The summed E-state index contributed by atoms with van der Waals surface area (Å²) in [7, 11) is 1.89. The van der Waals surface area contributed by atoms with Crippen molar-refractivity contribution in [3.05, 3.63) is 41.6 Å². The summed E-state index contributed by atoms with van der Waals surface area (Å²) in [6, 6.07) is 8.09. The number of aromatic amines is 1. The lowest BCUT2D eigenvalue weighted by Gasteiger charge is -2.46. The van der Waals surface area contributed by atoms with E-state index in [1.807, 2.05) is 42.0 Å². The fraction of sp³-hybridized carbons (Fsp3) is 0.476. The average Bonchev–Trinajstić information content (AvgIpc) is 3.15. The van der Waals surface area contributed by atoms with Crippen LogP contribution < -0.4 is 0 Å². The molecule has 3 heterocycles. The molecule has 4 rings (SSSR count). The number of hydrogen-bond donors (Lipinski definition) is 1. The second-order valence-electron chi connectivity index (χ2n) is 8.07. The largest absolute Gasteiger partial charge is 0.345 e. The number of carbonyl (C=O) groups is 2. The number of nitrogens with one attached hydrogen (secondary N) is 1. The minimum absolute atomic E-state index is 0.0374. The van der Waals surface area contributed by atoms with E-state index in [-0.39, 0.29) is 17.2 Å². The maximum Gasteiger partial charge on any atom is 0.257 e. The Bertz CT molecular complexity index is 865. The molecule has 1 aromatic carbocycles. The van der Waals surface area contributed by atoms with Crippen LogP contribution in [0.1, 0.15) is 41.6 Å². The minimum Gasteiger partial charge on any atom is -0.345 e. The number of carbonyl (C=O) groups excluding carboxylic acids is 2. The number of rotatable bonds is 2. The molecule has 6 nitrogen and oxygen atoms in total. The van der Waals surface area contributed by atoms with Gasteiger partial charge in [0.2, 0.25) is 5.91 Å². The Morgan fingerprint density at radius 2 is 2.00 bits per heavy atom. The summed E-state index contributed by atoms with van der Waals surface area (Å²) in [5, 5.41) is 7.12. The molecule has 6 heteroatoms. The van der Waals surface area contributed by atoms with E-state index < -0.39 is 0 Å². The third kappa shape index (κ3) is 3.36. The van der Waals surface area contributed by atoms with Crippen LogP contribution in [-0.4, -0.2) is 58.5 Å². The van der Waals surface area contributed by atoms with Crippen molar-refractivity contribution in [1.82, 2.24) is 20.0 Å². The number of H-pyrrole nitrogens is 1. The first-order valence-electron chi connectivity index (χ1n) is 9.61. The zero-order valence-corrected chi connectivity index (χ0v) is 16.0. The molecule has 2 aliphatic rings. The normalized spacial score (nSPS) is 19.6. The van der Waals surface area contributed by atoms with Crippen molar-refractivity contribution < 1.29 is 9.59 Å². The average molecular weight is 366 g/mol. The second kappa shape index (κ2) is 6.83. The first kappa shape index (κ1) is 17.8. The summed E-state index contributed by atoms with van der Waals surface area (Å²) in [5.41, 5.74) is 3.72. The predicted octanol–water partition coefficient (Wildman–Crippen LogP) is 2.86. The lowest BCUT2D eigenvalue weighted by molar-refractivity contribution is -0.137. The van der Waals surface area contributed by atoms with E-state index in [0.29, 0.717) is 12.0 Å². The van der Waals surface area contributed by atoms with Gasteiger partial charge in [-0.15, -0.1) is 0 Å². The van der Waals surface area contributed by atoms with E-state index in [9.17, 15) is 9.59 Å². The highest BCUT2D eigenvalue weighted by molar-refractivity contribution is 5.99. The Balaban J connectivity index is 1.48. The molecule has 2 fully saturated rings. The van der Waals surface area contributed by atoms with Crippen LogP contribution in [0, 0.1) is 12.3 Å². The van der Waals surface area contributed by atoms with E-state index in [0.717, 1.165) is 55.7 Å². The zero-order chi connectivity index (χ0) is 19.0. The maximum absolute atomic E-state index is 13.1. The van der Waals surface area contributed by atoms with Gasteiger partial charge >= 0.3 is 0 Å². The van der Waals surface area contributed by atoms with Crippen molar-refractivity contribution in [3.8, 4) is 11.3 Å². The van der Waals surface area contributed by atoms with Gasteiger partial charge in [-0.05, 0) is 37.7 Å². The molecule has 1 aromatic heterocycles. The molecule has 2 aliphatic heterocycles. The topological polar surface area (TPSA) is 69.3 Å². The van der Waals surface area contributed by atoms with Gasteiger partial charge in [-0.1, -0.05) is 23.8 Å². The van der Waals surface area contributed by atoms with E-state index in [1.165, 1.54) is 0 Å². The number of likely N-dealkylation sites (tertiary alicyclic amines) is 2. The summed E-state index contributed by atoms with van der Waals surface area (Å²) in [6.45, 7) is 4.32. The Morgan fingerprint density at radius 3 is 2.70 bits per heavy atom. The van der Waals surface area contributed by atoms with Gasteiger partial charge in [-0.2, -0.15) is 5.10 Å². The number of piperidine rings is 2. The molecule has 2 amide bonds. The van der Waals surface area contributed by atoms with Crippen LogP contribution in [-0.2, 0) is 4.79 Å². The molecule has 0 unspecified atom stereocenters. The zero-order valence-electron chi connectivity index (χ0n) is 16.0. The van der Waals surface area contributed by atoms with E-state index in [2.05, 4.69) is 16.3 Å². The molecule has 0 aliphatic carbocycles. The molecule has 1 spiro atoms. The van der Waals surface area contributed by atoms with Crippen molar-refractivity contribution in [3.63, 3.8) is 0 Å². The molecular formula is C21H26N4O2. The Hall–Kier alpha value is -2.63. The summed E-state index contributed by atoms with van der Waals surface area (Å²) in [5.74, 6) is 0.274. The molecule has 0 radical (unpaired) electrons. The first-order valence-corrected chi connectivity index (χ1v) is 9.61. The van der Waals surface area contributed by atoms with Gasteiger partial charge in [0, 0.05) is 38.7 Å². The van der Waals surface area contributed by atoms with Crippen molar-refractivity contribution in [2.45, 2.75) is 32.6 Å². The first-order chi connectivity index (χ1) is 13.0. The Kier molecular flexibility index (Phi) is 4.50. The molecule has 1 N–H and O–H groups in total. The molecule has 142 valence electrons. The van der Waals surface area contributed by atoms with Crippen molar-refractivity contribution >= 4 is 11.8 Å². The third-order valence-electron chi connectivity index (χ3n) is 6.16. The highest BCUT2D eigenvalue weighted by Gasteiger charge is 2.41. The van der Waals surface area contributed by atoms with Crippen molar-refractivity contribution in [1.29, 1.82) is 0 Å². The van der Waals surface area contributed by atoms with Crippen LogP contribution in [0.2, 0.25) is 0 Å². The van der Waals surface area contributed by atoms with Gasteiger partial charge < -0.3 is 9.80 Å². The monoisotopic (exact) mass is 366 g/mol. The fourth-order valence-electron chi connectivity index (χ4n) is 4.46. The van der Waals surface area contributed by atoms with Crippen LogP contribution in [0.4, 0.5) is 0 Å². The molecule has 0 atom stereocenters. The van der Waals surface area contributed by atoms with Crippen molar-refractivity contribution in [2.24, 2.45) is 5.41 Å². The van der Waals surface area contributed by atoms with E-state index >= 15 is 0 Å². The van der Waals surface area contributed by atoms with Gasteiger partial charge in [0.25, 0.3) is 5.91 Å². The van der Waals surface area contributed by atoms with Crippen LogP contribution >= 0.6 is 0 Å². The number of benzene rings is 1. The van der Waals surface area contributed by atoms with Crippen LogP contribution in [0.15, 0.2) is 30.5 Å². The lowest BCUT2D eigenvalue weighted by atomic mass is 9.72. The third-order valence-corrected chi connectivity index (χ3v) is 6.16. The van der Waals surface area contributed by atoms with Crippen LogP contribution in [0.3, 0.4) is 0 Å².